The Bertz CT molecular complexity index is 756. The Morgan fingerprint density at radius 3 is 3.08 bits per heavy atom. The van der Waals surface area contributed by atoms with Crippen LogP contribution in [0.4, 0.5) is 0 Å². The van der Waals surface area contributed by atoms with Gasteiger partial charge in [0.15, 0.2) is 0 Å². The van der Waals surface area contributed by atoms with Crippen LogP contribution >= 0.6 is 11.6 Å². The van der Waals surface area contributed by atoms with Gasteiger partial charge in [-0.05, 0) is 36.6 Å². The minimum atomic E-state index is -0.221. The van der Waals surface area contributed by atoms with Crippen LogP contribution in [-0.4, -0.2) is 41.3 Å². The van der Waals surface area contributed by atoms with Gasteiger partial charge >= 0.3 is 0 Å². The molecule has 5 nitrogen and oxygen atoms in total. The van der Waals surface area contributed by atoms with E-state index in [1.165, 1.54) is 0 Å². The molecule has 0 saturated carbocycles. The maximum absolute atomic E-state index is 12.2. The zero-order valence-electron chi connectivity index (χ0n) is 13.8. The molecule has 0 spiro atoms. The summed E-state index contributed by atoms with van der Waals surface area (Å²) < 4.78 is 0. The Hall–Kier alpha value is -2.01. The Labute approximate surface area is 146 Å². The van der Waals surface area contributed by atoms with Crippen LogP contribution < -0.4 is 5.32 Å². The number of carbonyl (C=O) groups is 2. The normalized spacial score (nSPS) is 17.7. The van der Waals surface area contributed by atoms with E-state index in [9.17, 15) is 9.59 Å². The maximum Gasteiger partial charge on any atom is 0.225 e. The van der Waals surface area contributed by atoms with Gasteiger partial charge in [-0.3, -0.25) is 9.59 Å². The second-order valence-corrected chi connectivity index (χ2v) is 6.72. The summed E-state index contributed by atoms with van der Waals surface area (Å²) in [6.07, 6.45) is 3.93. The fourth-order valence-electron chi connectivity index (χ4n) is 3.17. The molecular weight excluding hydrogens is 326 g/mol. The van der Waals surface area contributed by atoms with Gasteiger partial charge in [0.2, 0.25) is 11.8 Å². The summed E-state index contributed by atoms with van der Waals surface area (Å²) in [5.41, 5.74) is 2.18. The fourth-order valence-corrected chi connectivity index (χ4v) is 3.34. The van der Waals surface area contributed by atoms with Gasteiger partial charge in [-0.25, -0.2) is 0 Å². The smallest absolute Gasteiger partial charge is 0.225 e. The van der Waals surface area contributed by atoms with Crippen LogP contribution in [0, 0.1) is 5.92 Å². The van der Waals surface area contributed by atoms with Crippen molar-refractivity contribution in [2.75, 3.05) is 19.6 Å². The highest BCUT2D eigenvalue weighted by Gasteiger charge is 2.33. The minimum absolute atomic E-state index is 0.00780. The van der Waals surface area contributed by atoms with Crippen molar-refractivity contribution in [3.63, 3.8) is 0 Å². The van der Waals surface area contributed by atoms with E-state index < -0.39 is 0 Å². The van der Waals surface area contributed by atoms with Crippen LogP contribution in [0.1, 0.15) is 25.3 Å². The van der Waals surface area contributed by atoms with E-state index in [4.69, 9.17) is 11.6 Å². The van der Waals surface area contributed by atoms with Crippen LogP contribution in [0.25, 0.3) is 10.9 Å². The number of rotatable bonds is 6. The standard InChI is InChI=1S/C18H22ClN3O2/c1-2-6-20-18(24)13-8-17(23)22(11-13)7-5-12-10-21-16-4-3-14(19)9-15(12)16/h3-4,9-10,13,21H,2,5-8,11H2,1H3,(H,20,24)/t13-/m1/s1. The lowest BCUT2D eigenvalue weighted by Gasteiger charge is -2.16. The van der Waals surface area contributed by atoms with Crippen molar-refractivity contribution in [3.8, 4) is 0 Å². The molecule has 0 bridgehead atoms. The molecule has 2 aromatic rings. The van der Waals surface area contributed by atoms with E-state index in [0.29, 0.717) is 31.1 Å². The number of hydrogen-bond donors (Lipinski definition) is 2. The molecule has 1 saturated heterocycles. The van der Waals surface area contributed by atoms with Crippen molar-refractivity contribution in [2.45, 2.75) is 26.2 Å². The van der Waals surface area contributed by atoms with E-state index in [0.717, 1.165) is 29.3 Å². The van der Waals surface area contributed by atoms with Gasteiger partial charge in [-0.15, -0.1) is 0 Å². The molecule has 24 heavy (non-hydrogen) atoms. The molecule has 3 rings (SSSR count). The lowest BCUT2D eigenvalue weighted by Crippen LogP contribution is -2.33. The third-order valence-electron chi connectivity index (χ3n) is 4.52. The average molecular weight is 348 g/mol. The fraction of sp³-hybridized carbons (Fsp3) is 0.444. The van der Waals surface area contributed by atoms with Gasteiger partial charge in [0.05, 0.1) is 5.92 Å². The van der Waals surface area contributed by atoms with Crippen LogP contribution in [0.5, 0.6) is 0 Å². The highest BCUT2D eigenvalue weighted by atomic mass is 35.5. The number of carbonyl (C=O) groups excluding carboxylic acids is 2. The van der Waals surface area contributed by atoms with Gasteiger partial charge < -0.3 is 15.2 Å². The van der Waals surface area contributed by atoms with Crippen LogP contribution in [0.2, 0.25) is 5.02 Å². The van der Waals surface area contributed by atoms with Gasteiger partial charge in [-0.2, -0.15) is 0 Å². The number of H-pyrrole nitrogens is 1. The lowest BCUT2D eigenvalue weighted by molar-refractivity contribution is -0.129. The zero-order valence-corrected chi connectivity index (χ0v) is 14.5. The minimum Gasteiger partial charge on any atom is -0.361 e. The summed E-state index contributed by atoms with van der Waals surface area (Å²) in [7, 11) is 0. The maximum atomic E-state index is 12.2. The lowest BCUT2D eigenvalue weighted by atomic mass is 10.1. The molecule has 1 aromatic carbocycles. The third-order valence-corrected chi connectivity index (χ3v) is 4.75. The summed E-state index contributed by atoms with van der Waals surface area (Å²) >= 11 is 6.07. The largest absolute Gasteiger partial charge is 0.361 e. The van der Waals surface area contributed by atoms with E-state index >= 15 is 0 Å². The number of benzene rings is 1. The Balaban J connectivity index is 1.61. The number of halogens is 1. The Morgan fingerprint density at radius 2 is 2.29 bits per heavy atom. The van der Waals surface area contributed by atoms with E-state index in [1.54, 1.807) is 4.90 Å². The molecule has 0 aliphatic carbocycles. The number of likely N-dealkylation sites (tertiary alicyclic amines) is 1. The predicted octanol–water partition coefficient (Wildman–Crippen LogP) is 2.74. The van der Waals surface area contributed by atoms with Gasteiger partial charge in [0.1, 0.15) is 0 Å². The Kier molecular flexibility index (Phi) is 5.09. The molecule has 1 aliphatic rings. The van der Waals surface area contributed by atoms with Crippen molar-refractivity contribution >= 4 is 34.3 Å². The summed E-state index contributed by atoms with van der Waals surface area (Å²) in [6, 6.07) is 5.75. The van der Waals surface area contributed by atoms with Crippen LogP contribution in [0.3, 0.4) is 0 Å². The molecule has 1 aromatic heterocycles. The molecule has 0 unspecified atom stereocenters. The first-order valence-corrected chi connectivity index (χ1v) is 8.77. The summed E-state index contributed by atoms with van der Waals surface area (Å²) in [5, 5.41) is 4.67. The molecule has 2 heterocycles. The topological polar surface area (TPSA) is 65.2 Å². The molecule has 2 N–H and O–H groups in total. The highest BCUT2D eigenvalue weighted by Crippen LogP contribution is 2.24. The quantitative estimate of drug-likeness (QED) is 0.843. The number of aromatic amines is 1. The number of hydrogen-bond acceptors (Lipinski definition) is 2. The van der Waals surface area contributed by atoms with Crippen molar-refractivity contribution in [1.82, 2.24) is 15.2 Å². The zero-order chi connectivity index (χ0) is 17.1. The van der Waals surface area contributed by atoms with E-state index in [2.05, 4.69) is 10.3 Å². The van der Waals surface area contributed by atoms with Crippen molar-refractivity contribution < 1.29 is 9.59 Å². The predicted molar refractivity (Wildman–Crippen MR) is 95.0 cm³/mol. The summed E-state index contributed by atoms with van der Waals surface area (Å²) in [6.45, 7) is 3.81. The molecule has 1 atom stereocenters. The molecule has 2 amide bonds. The number of aromatic nitrogens is 1. The van der Waals surface area contributed by atoms with Gasteiger partial charge in [-0.1, -0.05) is 18.5 Å². The summed E-state index contributed by atoms with van der Waals surface area (Å²) in [5.74, 6) is -0.169. The monoisotopic (exact) mass is 347 g/mol. The number of nitrogens with one attached hydrogen (secondary N) is 2. The number of nitrogens with zero attached hydrogens (tertiary/aromatic N) is 1. The first kappa shape index (κ1) is 16.8. The molecule has 6 heteroatoms. The summed E-state index contributed by atoms with van der Waals surface area (Å²) in [4.78, 5) is 29.2. The molecule has 0 radical (unpaired) electrons. The molecule has 128 valence electrons. The van der Waals surface area contributed by atoms with Crippen molar-refractivity contribution in [2.24, 2.45) is 5.92 Å². The second kappa shape index (κ2) is 7.26. The van der Waals surface area contributed by atoms with E-state index in [-0.39, 0.29) is 17.7 Å². The molecule has 1 fully saturated rings. The Morgan fingerprint density at radius 1 is 1.46 bits per heavy atom. The number of fused-ring (bicyclic) bond motifs is 1. The third kappa shape index (κ3) is 3.56. The number of amides is 2. The van der Waals surface area contributed by atoms with Gasteiger partial charge in [0.25, 0.3) is 0 Å². The van der Waals surface area contributed by atoms with E-state index in [1.807, 2.05) is 31.3 Å². The SMILES string of the molecule is CCCNC(=O)[C@@H]1CC(=O)N(CCc2c[nH]c3ccc(Cl)cc23)C1. The van der Waals surface area contributed by atoms with Crippen molar-refractivity contribution in [1.29, 1.82) is 0 Å². The first-order valence-electron chi connectivity index (χ1n) is 8.39. The first-order chi connectivity index (χ1) is 11.6. The van der Waals surface area contributed by atoms with Crippen LogP contribution in [-0.2, 0) is 16.0 Å². The highest BCUT2D eigenvalue weighted by molar-refractivity contribution is 6.31. The second-order valence-electron chi connectivity index (χ2n) is 6.29. The average Bonchev–Trinajstić information content (AvgIpc) is 3.14. The van der Waals surface area contributed by atoms with Crippen molar-refractivity contribution in [3.05, 3.63) is 35.0 Å². The molecular formula is C18H22ClN3O2. The molecule has 1 aliphatic heterocycles. The van der Waals surface area contributed by atoms with Gasteiger partial charge in [0, 0.05) is 48.2 Å². The van der Waals surface area contributed by atoms with Crippen LogP contribution in [0.15, 0.2) is 24.4 Å².